The Morgan fingerprint density at radius 3 is 2.65 bits per heavy atom. The van der Waals surface area contributed by atoms with E-state index in [0.29, 0.717) is 0 Å². The van der Waals surface area contributed by atoms with Crippen LogP contribution in [0.15, 0.2) is 18.2 Å². The fraction of sp³-hybridized carbons (Fsp3) is 0.462. The Kier molecular flexibility index (Phi) is 3.52. The standard InChI is InChI=1S/C13H16N2O5/c1-13(12(16)17,8-6-7-8)14-9-4-3-5-10(20-2)11(9)15(18)19/h3-5,8,14H,6-7H2,1-2H3,(H,16,17). The maximum Gasteiger partial charge on any atom is 0.333 e. The molecule has 1 atom stereocenters. The van der Waals surface area contributed by atoms with Crippen LogP contribution < -0.4 is 10.1 Å². The molecule has 7 nitrogen and oxygen atoms in total. The van der Waals surface area contributed by atoms with Crippen LogP contribution in [0.25, 0.3) is 0 Å². The van der Waals surface area contributed by atoms with Gasteiger partial charge in [-0.2, -0.15) is 0 Å². The van der Waals surface area contributed by atoms with Gasteiger partial charge in [-0.25, -0.2) is 4.79 Å². The van der Waals surface area contributed by atoms with Crippen LogP contribution in [0.5, 0.6) is 5.75 Å². The summed E-state index contributed by atoms with van der Waals surface area (Å²) < 4.78 is 4.97. The highest BCUT2D eigenvalue weighted by atomic mass is 16.6. The second kappa shape index (κ2) is 4.99. The maximum absolute atomic E-state index is 11.5. The van der Waals surface area contributed by atoms with Crippen molar-refractivity contribution in [2.75, 3.05) is 12.4 Å². The molecule has 7 heteroatoms. The van der Waals surface area contributed by atoms with Crippen molar-refractivity contribution in [3.8, 4) is 5.75 Å². The Hall–Kier alpha value is -2.31. The van der Waals surface area contributed by atoms with Gasteiger partial charge < -0.3 is 15.2 Å². The highest BCUT2D eigenvalue weighted by Crippen LogP contribution is 2.44. The van der Waals surface area contributed by atoms with Crippen LogP contribution in [0.4, 0.5) is 11.4 Å². The van der Waals surface area contributed by atoms with Crippen LogP contribution in [0.2, 0.25) is 0 Å². The summed E-state index contributed by atoms with van der Waals surface area (Å²) in [5.41, 5.74) is -1.30. The van der Waals surface area contributed by atoms with Crippen molar-refractivity contribution in [3.05, 3.63) is 28.3 Å². The van der Waals surface area contributed by atoms with Crippen LogP contribution in [0.1, 0.15) is 19.8 Å². The molecule has 0 spiro atoms. The van der Waals surface area contributed by atoms with E-state index in [1.165, 1.54) is 19.2 Å². The third kappa shape index (κ3) is 2.38. The van der Waals surface area contributed by atoms with Gasteiger partial charge in [0.05, 0.1) is 12.0 Å². The Balaban J connectivity index is 2.42. The number of hydrogen-bond donors (Lipinski definition) is 2. The van der Waals surface area contributed by atoms with E-state index in [2.05, 4.69) is 5.32 Å². The molecule has 20 heavy (non-hydrogen) atoms. The molecule has 2 N–H and O–H groups in total. The SMILES string of the molecule is COc1cccc(NC(C)(C(=O)O)C2CC2)c1[N+](=O)[O-]. The molecule has 0 bridgehead atoms. The Morgan fingerprint density at radius 1 is 1.55 bits per heavy atom. The van der Waals surface area contributed by atoms with E-state index in [1.54, 1.807) is 13.0 Å². The van der Waals surface area contributed by atoms with Gasteiger partial charge in [0.25, 0.3) is 0 Å². The summed E-state index contributed by atoms with van der Waals surface area (Å²) in [6, 6.07) is 4.55. The predicted octanol–water partition coefficient (Wildman–Crippen LogP) is 2.27. The molecule has 1 aliphatic rings. The van der Waals surface area contributed by atoms with Crippen molar-refractivity contribution >= 4 is 17.3 Å². The molecule has 1 aliphatic carbocycles. The zero-order valence-corrected chi connectivity index (χ0v) is 11.3. The van der Waals surface area contributed by atoms with Crippen LogP contribution in [0, 0.1) is 16.0 Å². The first-order valence-electron chi connectivity index (χ1n) is 6.23. The monoisotopic (exact) mass is 280 g/mol. The van der Waals surface area contributed by atoms with Gasteiger partial charge in [-0.1, -0.05) is 6.07 Å². The normalized spacial score (nSPS) is 17.1. The van der Waals surface area contributed by atoms with Crippen LogP contribution >= 0.6 is 0 Å². The van der Waals surface area contributed by atoms with Gasteiger partial charge in [-0.3, -0.25) is 10.1 Å². The number of carbonyl (C=O) groups is 1. The minimum Gasteiger partial charge on any atom is -0.490 e. The number of aliphatic carboxylic acids is 1. The van der Waals surface area contributed by atoms with Gasteiger partial charge in [-0.15, -0.1) is 0 Å². The number of nitro groups is 1. The zero-order chi connectivity index (χ0) is 14.9. The van der Waals surface area contributed by atoms with Gasteiger partial charge in [-0.05, 0) is 37.8 Å². The van der Waals surface area contributed by atoms with Crippen LogP contribution in [-0.2, 0) is 4.79 Å². The summed E-state index contributed by atoms with van der Waals surface area (Å²) in [6.45, 7) is 1.55. The number of para-hydroxylation sites is 1. The van der Waals surface area contributed by atoms with E-state index in [0.717, 1.165) is 12.8 Å². The lowest BCUT2D eigenvalue weighted by Gasteiger charge is -2.27. The number of nitro benzene ring substituents is 1. The quantitative estimate of drug-likeness (QED) is 0.612. The predicted molar refractivity (Wildman–Crippen MR) is 72.0 cm³/mol. The van der Waals surface area contributed by atoms with Gasteiger partial charge in [0.2, 0.25) is 0 Å². The summed E-state index contributed by atoms with van der Waals surface area (Å²) in [5, 5.41) is 23.4. The highest BCUT2D eigenvalue weighted by Gasteiger charge is 2.48. The molecule has 0 aliphatic heterocycles. The molecule has 1 fully saturated rings. The minimum atomic E-state index is -1.21. The fourth-order valence-electron chi connectivity index (χ4n) is 2.25. The summed E-state index contributed by atoms with van der Waals surface area (Å²) in [6.07, 6.45) is 1.60. The number of nitrogens with one attached hydrogen (secondary N) is 1. The molecule has 0 amide bonds. The second-order valence-electron chi connectivity index (χ2n) is 5.02. The van der Waals surface area contributed by atoms with E-state index in [9.17, 15) is 20.0 Å². The third-order valence-electron chi connectivity index (χ3n) is 3.63. The van der Waals surface area contributed by atoms with Crippen molar-refractivity contribution in [1.82, 2.24) is 0 Å². The van der Waals surface area contributed by atoms with Crippen molar-refractivity contribution in [2.45, 2.75) is 25.3 Å². The molecule has 2 rings (SSSR count). The molecule has 1 unspecified atom stereocenters. The Morgan fingerprint density at radius 2 is 2.20 bits per heavy atom. The summed E-state index contributed by atoms with van der Waals surface area (Å²) in [7, 11) is 1.34. The van der Waals surface area contributed by atoms with Crippen molar-refractivity contribution in [1.29, 1.82) is 0 Å². The third-order valence-corrected chi connectivity index (χ3v) is 3.63. The molecule has 108 valence electrons. The molecule has 1 aromatic rings. The Bertz CT molecular complexity index is 556. The lowest BCUT2D eigenvalue weighted by Crippen LogP contribution is -2.45. The van der Waals surface area contributed by atoms with Crippen LogP contribution in [0.3, 0.4) is 0 Å². The smallest absolute Gasteiger partial charge is 0.333 e. The molecular weight excluding hydrogens is 264 g/mol. The number of ether oxygens (including phenoxy) is 1. The maximum atomic E-state index is 11.5. The summed E-state index contributed by atoms with van der Waals surface area (Å²) in [5.74, 6) is -0.938. The number of anilines is 1. The van der Waals surface area contributed by atoms with Gasteiger partial charge in [0, 0.05) is 0 Å². The van der Waals surface area contributed by atoms with E-state index in [-0.39, 0.29) is 23.0 Å². The van der Waals surface area contributed by atoms with E-state index in [4.69, 9.17) is 4.74 Å². The first kappa shape index (κ1) is 14.1. The number of rotatable bonds is 6. The largest absolute Gasteiger partial charge is 0.490 e. The van der Waals surface area contributed by atoms with Gasteiger partial charge in [0.1, 0.15) is 11.2 Å². The molecule has 0 heterocycles. The Labute approximate surface area is 115 Å². The minimum absolute atomic E-state index is 0.0224. The summed E-state index contributed by atoms with van der Waals surface area (Å²) in [4.78, 5) is 22.1. The van der Waals surface area contributed by atoms with E-state index < -0.39 is 16.4 Å². The second-order valence-corrected chi connectivity index (χ2v) is 5.02. The number of nitrogens with zero attached hydrogens (tertiary/aromatic N) is 1. The highest BCUT2D eigenvalue weighted by molar-refractivity contribution is 5.85. The average molecular weight is 280 g/mol. The topological polar surface area (TPSA) is 102 Å². The molecule has 1 saturated carbocycles. The fourth-order valence-corrected chi connectivity index (χ4v) is 2.25. The number of methoxy groups -OCH3 is 1. The van der Waals surface area contributed by atoms with Gasteiger partial charge >= 0.3 is 11.7 Å². The molecule has 1 aromatic carbocycles. The van der Waals surface area contributed by atoms with Crippen molar-refractivity contribution in [2.24, 2.45) is 5.92 Å². The van der Waals surface area contributed by atoms with Crippen molar-refractivity contribution < 1.29 is 19.6 Å². The van der Waals surface area contributed by atoms with E-state index >= 15 is 0 Å². The number of carboxylic acid groups (broad SMARTS) is 1. The summed E-state index contributed by atoms with van der Waals surface area (Å²) >= 11 is 0. The number of hydrogen-bond acceptors (Lipinski definition) is 5. The molecule has 0 aromatic heterocycles. The van der Waals surface area contributed by atoms with Crippen molar-refractivity contribution in [3.63, 3.8) is 0 Å². The molecule has 0 saturated heterocycles. The van der Waals surface area contributed by atoms with Crippen LogP contribution in [-0.4, -0.2) is 28.6 Å². The molecule has 0 radical (unpaired) electrons. The number of carboxylic acids is 1. The first-order chi connectivity index (χ1) is 9.40. The lowest BCUT2D eigenvalue weighted by atomic mass is 9.95. The number of benzene rings is 1. The van der Waals surface area contributed by atoms with Gasteiger partial charge in [0.15, 0.2) is 5.75 Å². The lowest BCUT2D eigenvalue weighted by molar-refractivity contribution is -0.384. The average Bonchev–Trinajstić information content (AvgIpc) is 3.22. The molecular formula is C13H16N2O5. The zero-order valence-electron chi connectivity index (χ0n) is 11.3. The van der Waals surface area contributed by atoms with E-state index in [1.807, 2.05) is 0 Å². The first-order valence-corrected chi connectivity index (χ1v) is 6.23.